The van der Waals surface area contributed by atoms with E-state index in [-0.39, 0.29) is 5.91 Å². The van der Waals surface area contributed by atoms with Gasteiger partial charge in [0, 0.05) is 38.0 Å². The van der Waals surface area contributed by atoms with Gasteiger partial charge in [-0.25, -0.2) is 8.78 Å². The molecule has 0 radical (unpaired) electrons. The molecule has 29 heavy (non-hydrogen) atoms. The molecule has 0 bridgehead atoms. The Balaban J connectivity index is 1.43. The average Bonchev–Trinajstić information content (AvgIpc) is 3.27. The summed E-state index contributed by atoms with van der Waals surface area (Å²) in [4.78, 5) is 15.1. The number of hydrogen-bond acceptors (Lipinski definition) is 4. The minimum absolute atomic E-state index is 0.119. The molecule has 1 aliphatic heterocycles. The molecule has 3 aromatic rings. The number of nitrogens with zero attached hydrogens (tertiary/aromatic N) is 6. The zero-order valence-electron chi connectivity index (χ0n) is 16.0. The van der Waals surface area contributed by atoms with Gasteiger partial charge >= 0.3 is 0 Å². The predicted molar refractivity (Wildman–Crippen MR) is 99.5 cm³/mol. The number of aryl methyl sites for hydroxylation is 1. The number of amides is 1. The monoisotopic (exact) mass is 398 g/mol. The summed E-state index contributed by atoms with van der Waals surface area (Å²) in [6.07, 6.45) is 5.58. The van der Waals surface area contributed by atoms with Gasteiger partial charge in [0.2, 0.25) is 5.91 Å². The normalized spacial score (nSPS) is 17.7. The standard InChI is InChI=1S/C20H20F2N6O/c1-26-11-13(10-23-26)18-25-24-17-12-27(7-8-28(17)18)19(29)20(5-2-6-20)15-4-3-14(21)9-16(15)22/h3-4,9-11H,2,5-8,12H2,1H3. The van der Waals surface area contributed by atoms with Gasteiger partial charge in [0.15, 0.2) is 11.6 Å². The fourth-order valence-electron chi connectivity index (χ4n) is 4.39. The van der Waals surface area contributed by atoms with E-state index in [1.165, 1.54) is 12.1 Å². The molecule has 1 saturated carbocycles. The lowest BCUT2D eigenvalue weighted by Crippen LogP contribution is -2.53. The van der Waals surface area contributed by atoms with Crippen molar-refractivity contribution in [2.75, 3.05) is 6.54 Å². The highest BCUT2D eigenvalue weighted by atomic mass is 19.1. The zero-order valence-corrected chi connectivity index (χ0v) is 16.0. The molecule has 3 heterocycles. The van der Waals surface area contributed by atoms with Crippen LogP contribution in [-0.2, 0) is 30.3 Å². The zero-order chi connectivity index (χ0) is 20.2. The molecule has 5 rings (SSSR count). The highest BCUT2D eigenvalue weighted by Crippen LogP contribution is 2.46. The lowest BCUT2D eigenvalue weighted by Gasteiger charge is -2.44. The molecule has 0 spiro atoms. The number of rotatable bonds is 3. The van der Waals surface area contributed by atoms with E-state index < -0.39 is 17.0 Å². The summed E-state index contributed by atoms with van der Waals surface area (Å²) >= 11 is 0. The summed E-state index contributed by atoms with van der Waals surface area (Å²) in [7, 11) is 1.84. The van der Waals surface area contributed by atoms with Gasteiger partial charge in [-0.15, -0.1) is 10.2 Å². The Labute approximate surface area is 166 Å². The molecule has 0 unspecified atom stereocenters. The number of hydrogen-bond donors (Lipinski definition) is 0. The van der Waals surface area contributed by atoms with Crippen LogP contribution < -0.4 is 0 Å². The van der Waals surface area contributed by atoms with E-state index in [9.17, 15) is 13.6 Å². The maximum atomic E-state index is 14.5. The van der Waals surface area contributed by atoms with Gasteiger partial charge in [0.05, 0.1) is 23.7 Å². The van der Waals surface area contributed by atoms with E-state index in [1.54, 1.807) is 15.8 Å². The van der Waals surface area contributed by atoms with Crippen LogP contribution in [0.25, 0.3) is 11.4 Å². The average molecular weight is 398 g/mol. The molecule has 0 atom stereocenters. The summed E-state index contributed by atoms with van der Waals surface area (Å²) in [5.74, 6) is 0.00587. The summed E-state index contributed by atoms with van der Waals surface area (Å²) in [5.41, 5.74) is 0.250. The Morgan fingerprint density at radius 2 is 2.00 bits per heavy atom. The van der Waals surface area contributed by atoms with Crippen LogP contribution in [0.1, 0.15) is 30.7 Å². The highest BCUT2D eigenvalue weighted by Gasteiger charge is 2.49. The molecule has 2 aromatic heterocycles. The van der Waals surface area contributed by atoms with Crippen molar-refractivity contribution >= 4 is 5.91 Å². The number of carbonyl (C=O) groups is 1. The second kappa shape index (κ2) is 6.47. The van der Waals surface area contributed by atoms with E-state index in [0.29, 0.717) is 43.9 Å². The topological polar surface area (TPSA) is 68.8 Å². The maximum Gasteiger partial charge on any atom is 0.233 e. The van der Waals surface area contributed by atoms with Crippen LogP contribution in [0, 0.1) is 11.6 Å². The quantitative estimate of drug-likeness (QED) is 0.680. The fraction of sp³-hybridized carbons (Fsp3) is 0.400. The summed E-state index contributed by atoms with van der Waals surface area (Å²) in [6, 6.07) is 3.49. The van der Waals surface area contributed by atoms with Gasteiger partial charge < -0.3 is 9.47 Å². The van der Waals surface area contributed by atoms with Crippen molar-refractivity contribution in [2.45, 2.75) is 37.8 Å². The fourth-order valence-corrected chi connectivity index (χ4v) is 4.39. The second-order valence-electron chi connectivity index (χ2n) is 7.78. The highest BCUT2D eigenvalue weighted by molar-refractivity contribution is 5.89. The first-order valence-electron chi connectivity index (χ1n) is 9.64. The molecule has 7 nitrogen and oxygen atoms in total. The molecule has 9 heteroatoms. The largest absolute Gasteiger partial charge is 0.333 e. The number of aromatic nitrogens is 5. The van der Waals surface area contributed by atoms with E-state index in [4.69, 9.17) is 0 Å². The minimum Gasteiger partial charge on any atom is -0.333 e. The number of carbonyl (C=O) groups excluding carboxylic acids is 1. The summed E-state index contributed by atoms with van der Waals surface area (Å²) < 4.78 is 31.5. The molecular weight excluding hydrogens is 378 g/mol. The smallest absolute Gasteiger partial charge is 0.233 e. The van der Waals surface area contributed by atoms with E-state index in [1.807, 2.05) is 17.8 Å². The first kappa shape index (κ1) is 18.0. The third-order valence-corrected chi connectivity index (χ3v) is 6.07. The van der Waals surface area contributed by atoms with Crippen molar-refractivity contribution in [3.8, 4) is 11.4 Å². The molecule has 0 N–H and O–H groups in total. The van der Waals surface area contributed by atoms with Crippen molar-refractivity contribution < 1.29 is 13.6 Å². The molecular formula is C20H20F2N6O. The lowest BCUT2D eigenvalue weighted by atomic mass is 9.63. The van der Waals surface area contributed by atoms with Crippen molar-refractivity contribution in [2.24, 2.45) is 7.05 Å². The van der Waals surface area contributed by atoms with Crippen LogP contribution in [0.2, 0.25) is 0 Å². The Bertz CT molecular complexity index is 1100. The van der Waals surface area contributed by atoms with Crippen LogP contribution in [0.4, 0.5) is 8.78 Å². The molecule has 150 valence electrons. The van der Waals surface area contributed by atoms with Crippen LogP contribution in [0.15, 0.2) is 30.6 Å². The maximum absolute atomic E-state index is 14.5. The third kappa shape index (κ3) is 2.75. The summed E-state index contributed by atoms with van der Waals surface area (Å²) in [6.45, 7) is 1.36. The molecule has 1 aliphatic carbocycles. The van der Waals surface area contributed by atoms with Gasteiger partial charge in [-0.2, -0.15) is 5.10 Å². The van der Waals surface area contributed by atoms with Crippen LogP contribution in [-0.4, -0.2) is 41.9 Å². The Morgan fingerprint density at radius 1 is 1.17 bits per heavy atom. The number of halogens is 2. The first-order valence-corrected chi connectivity index (χ1v) is 9.64. The molecule has 2 aliphatic rings. The van der Waals surface area contributed by atoms with E-state index in [2.05, 4.69) is 15.3 Å². The van der Waals surface area contributed by atoms with Gasteiger partial charge in [-0.3, -0.25) is 9.48 Å². The van der Waals surface area contributed by atoms with Crippen molar-refractivity contribution in [3.63, 3.8) is 0 Å². The van der Waals surface area contributed by atoms with E-state index >= 15 is 0 Å². The molecule has 0 saturated heterocycles. The molecule has 1 fully saturated rings. The Hall–Kier alpha value is -3.10. The predicted octanol–water partition coefficient (Wildman–Crippen LogP) is 2.42. The van der Waals surface area contributed by atoms with Crippen LogP contribution >= 0.6 is 0 Å². The number of benzene rings is 1. The van der Waals surface area contributed by atoms with Crippen molar-refractivity contribution in [1.29, 1.82) is 0 Å². The molecule has 1 amide bonds. The number of fused-ring (bicyclic) bond motifs is 1. The van der Waals surface area contributed by atoms with Gasteiger partial charge in [0.1, 0.15) is 11.6 Å². The minimum atomic E-state index is -0.911. The van der Waals surface area contributed by atoms with E-state index in [0.717, 1.165) is 23.9 Å². The van der Waals surface area contributed by atoms with Gasteiger partial charge in [-0.1, -0.05) is 12.5 Å². The summed E-state index contributed by atoms with van der Waals surface area (Å²) in [5, 5.41) is 12.7. The third-order valence-electron chi connectivity index (χ3n) is 6.07. The Kier molecular flexibility index (Phi) is 4.01. The van der Waals surface area contributed by atoms with Gasteiger partial charge in [0.25, 0.3) is 0 Å². The lowest BCUT2D eigenvalue weighted by molar-refractivity contribution is -0.142. The van der Waals surface area contributed by atoms with Crippen LogP contribution in [0.3, 0.4) is 0 Å². The molecule has 1 aromatic carbocycles. The van der Waals surface area contributed by atoms with Crippen molar-refractivity contribution in [3.05, 3.63) is 53.6 Å². The van der Waals surface area contributed by atoms with Gasteiger partial charge in [-0.05, 0) is 18.9 Å². The van der Waals surface area contributed by atoms with Crippen molar-refractivity contribution in [1.82, 2.24) is 29.4 Å². The van der Waals surface area contributed by atoms with Crippen LogP contribution in [0.5, 0.6) is 0 Å². The SMILES string of the molecule is Cn1cc(-c2nnc3n2CCN(C(=O)C2(c4ccc(F)cc4F)CCC2)C3)cn1. The second-order valence-corrected chi connectivity index (χ2v) is 7.78. The first-order chi connectivity index (χ1) is 14.0. The Morgan fingerprint density at radius 3 is 2.66 bits per heavy atom.